The van der Waals surface area contributed by atoms with Crippen molar-refractivity contribution in [3.8, 4) is 0 Å². The van der Waals surface area contributed by atoms with Crippen molar-refractivity contribution in [2.45, 2.75) is 5.62 Å². The summed E-state index contributed by atoms with van der Waals surface area (Å²) in [6.07, 6.45) is 0. The molecule has 9 heavy (non-hydrogen) atoms. The van der Waals surface area contributed by atoms with E-state index in [0.717, 1.165) is 6.54 Å². The molecule has 0 aromatic heterocycles. The number of halogens is 2. The van der Waals surface area contributed by atoms with E-state index in [2.05, 4.69) is 11.9 Å². The third-order valence-electron chi connectivity index (χ3n) is 1.65. The van der Waals surface area contributed by atoms with E-state index in [1.807, 2.05) is 7.05 Å². The largest absolute Gasteiger partial charge is 1.00 e. The summed E-state index contributed by atoms with van der Waals surface area (Å²) in [6, 6.07) is 0. The molecule has 1 rings (SSSR count). The molecule has 1 aliphatic heterocycles. The average Bonchev–Trinajstić information content (AvgIpc) is 1.98. The summed E-state index contributed by atoms with van der Waals surface area (Å²) in [7, 11) is 4.16. The molecule has 1 N–H and O–H groups in total. The van der Waals surface area contributed by atoms with Crippen molar-refractivity contribution in [3.63, 3.8) is 0 Å². The Morgan fingerprint density at radius 2 is 2.22 bits per heavy atom. The zero-order valence-corrected chi connectivity index (χ0v) is 7.21. The molecule has 1 heterocycles. The van der Waals surface area contributed by atoms with E-state index < -0.39 is 0 Å². The number of nitrogens with one attached hydrogen (secondary N) is 1. The summed E-state index contributed by atoms with van der Waals surface area (Å²) in [5, 5.41) is 0. The molecule has 1 aliphatic rings. The average molecular weight is 171 g/mol. The summed E-state index contributed by atoms with van der Waals surface area (Å²) in [5.74, 6) is 0. The molecular weight excluding hydrogens is 159 g/mol. The van der Waals surface area contributed by atoms with E-state index in [4.69, 9.17) is 11.6 Å². The Bertz CT molecular complexity index is 79.0. The van der Waals surface area contributed by atoms with E-state index in [1.54, 1.807) is 0 Å². The van der Waals surface area contributed by atoms with Crippen LogP contribution in [0.2, 0.25) is 0 Å². The molecule has 56 valence electrons. The third-order valence-corrected chi connectivity index (χ3v) is 2.36. The highest BCUT2D eigenvalue weighted by Gasteiger charge is 2.27. The second kappa shape index (κ2) is 3.62. The summed E-state index contributed by atoms with van der Waals surface area (Å²) < 4.78 is 0. The van der Waals surface area contributed by atoms with Gasteiger partial charge in [-0.2, -0.15) is 0 Å². The first kappa shape index (κ1) is 9.50. The molecule has 1 saturated heterocycles. The number of rotatable bonds is 0. The third kappa shape index (κ3) is 1.97. The van der Waals surface area contributed by atoms with Gasteiger partial charge in [0.15, 0.2) is 0 Å². The van der Waals surface area contributed by atoms with Gasteiger partial charge >= 0.3 is 0 Å². The molecule has 2 nitrogen and oxygen atoms in total. The quantitative estimate of drug-likeness (QED) is 0.288. The lowest BCUT2D eigenvalue weighted by molar-refractivity contribution is -0.883. The van der Waals surface area contributed by atoms with Crippen LogP contribution in [0, 0.1) is 0 Å². The van der Waals surface area contributed by atoms with Crippen molar-refractivity contribution in [2.75, 3.05) is 27.2 Å². The van der Waals surface area contributed by atoms with Crippen LogP contribution in [-0.4, -0.2) is 37.7 Å². The fourth-order valence-corrected chi connectivity index (χ4v) is 1.17. The summed E-state index contributed by atoms with van der Waals surface area (Å²) in [6.45, 7) is 2.30. The molecule has 0 saturated carbocycles. The minimum atomic E-state index is 0. The van der Waals surface area contributed by atoms with E-state index in [1.165, 1.54) is 11.4 Å². The van der Waals surface area contributed by atoms with Gasteiger partial charge in [0.25, 0.3) is 0 Å². The predicted octanol–water partition coefficient (Wildman–Crippen LogP) is -4.03. The van der Waals surface area contributed by atoms with Crippen molar-refractivity contribution in [1.82, 2.24) is 4.90 Å². The van der Waals surface area contributed by atoms with Gasteiger partial charge in [-0.15, -0.1) is 0 Å². The molecule has 4 heteroatoms. The van der Waals surface area contributed by atoms with E-state index in [-0.39, 0.29) is 18.0 Å². The van der Waals surface area contributed by atoms with Gasteiger partial charge in [-0.3, -0.25) is 0 Å². The Morgan fingerprint density at radius 3 is 2.33 bits per heavy atom. The van der Waals surface area contributed by atoms with Crippen molar-refractivity contribution < 1.29 is 17.3 Å². The van der Waals surface area contributed by atoms with Gasteiger partial charge in [0.1, 0.15) is 0 Å². The van der Waals surface area contributed by atoms with Crippen molar-refractivity contribution in [1.29, 1.82) is 0 Å². The molecule has 0 aromatic carbocycles. The molecule has 0 amide bonds. The highest BCUT2D eigenvalue weighted by atomic mass is 35.5. The Hall–Kier alpha value is 0.500. The predicted molar refractivity (Wildman–Crippen MR) is 34.0 cm³/mol. The van der Waals surface area contributed by atoms with Crippen LogP contribution in [0.4, 0.5) is 0 Å². The van der Waals surface area contributed by atoms with Crippen LogP contribution >= 0.6 is 11.6 Å². The van der Waals surface area contributed by atoms with Crippen LogP contribution in [0.15, 0.2) is 0 Å². The van der Waals surface area contributed by atoms with Crippen LogP contribution in [0.1, 0.15) is 0 Å². The zero-order chi connectivity index (χ0) is 6.15. The summed E-state index contributed by atoms with van der Waals surface area (Å²) in [5.41, 5.74) is 0.204. The van der Waals surface area contributed by atoms with Crippen LogP contribution in [-0.2, 0) is 0 Å². The first-order valence-electron chi connectivity index (χ1n) is 2.88. The Labute approximate surface area is 67.2 Å². The fraction of sp³-hybridized carbons (Fsp3) is 1.00. The van der Waals surface area contributed by atoms with Gasteiger partial charge in [0.05, 0.1) is 20.1 Å². The monoisotopic (exact) mass is 170 g/mol. The molecule has 0 bridgehead atoms. The summed E-state index contributed by atoms with van der Waals surface area (Å²) >= 11 is 5.90. The molecule has 1 fully saturated rings. The fourth-order valence-electron chi connectivity index (χ4n) is 0.961. The number of quaternary nitrogens is 1. The van der Waals surface area contributed by atoms with Crippen LogP contribution < -0.4 is 17.3 Å². The molecule has 2 atom stereocenters. The second-order valence-electron chi connectivity index (χ2n) is 2.41. The molecule has 2 unspecified atom stereocenters. The minimum absolute atomic E-state index is 0. The Kier molecular flexibility index (Phi) is 3.82. The van der Waals surface area contributed by atoms with Gasteiger partial charge in [-0.05, 0) is 18.6 Å². The first-order chi connectivity index (χ1) is 3.72. The van der Waals surface area contributed by atoms with Crippen molar-refractivity contribution in [3.05, 3.63) is 0 Å². The standard InChI is InChI=1S/C5H11ClN2.ClH/c1-7-3-4-8(2)5(7)6;/h5H,3-4H2,1-2H3;1H. The molecule has 0 aliphatic carbocycles. The number of nitrogens with zero attached hydrogens (tertiary/aromatic N) is 1. The Morgan fingerprint density at radius 1 is 1.67 bits per heavy atom. The van der Waals surface area contributed by atoms with E-state index in [0.29, 0.717) is 0 Å². The second-order valence-corrected chi connectivity index (χ2v) is 2.83. The van der Waals surface area contributed by atoms with Crippen molar-refractivity contribution >= 4 is 11.6 Å². The van der Waals surface area contributed by atoms with Crippen LogP contribution in [0.25, 0.3) is 0 Å². The molecule has 0 radical (unpaired) electrons. The number of hydrogen-bond donors (Lipinski definition) is 1. The molecule has 0 spiro atoms. The topological polar surface area (TPSA) is 7.68 Å². The zero-order valence-electron chi connectivity index (χ0n) is 5.69. The number of hydrogen-bond acceptors (Lipinski definition) is 1. The minimum Gasteiger partial charge on any atom is -1.00 e. The smallest absolute Gasteiger partial charge is 0.221 e. The van der Waals surface area contributed by atoms with Gasteiger partial charge in [0.2, 0.25) is 5.62 Å². The van der Waals surface area contributed by atoms with Crippen LogP contribution in [0.3, 0.4) is 0 Å². The Balaban J connectivity index is 0.000000640. The van der Waals surface area contributed by atoms with Crippen LogP contribution in [0.5, 0.6) is 0 Å². The highest BCUT2D eigenvalue weighted by molar-refractivity contribution is 6.19. The van der Waals surface area contributed by atoms with Gasteiger partial charge in [-0.1, -0.05) is 0 Å². The lowest BCUT2D eigenvalue weighted by Gasteiger charge is -2.12. The summed E-state index contributed by atoms with van der Waals surface area (Å²) in [4.78, 5) is 3.55. The lowest BCUT2D eigenvalue weighted by Crippen LogP contribution is -3.10. The first-order valence-corrected chi connectivity index (χ1v) is 3.32. The highest BCUT2D eigenvalue weighted by Crippen LogP contribution is 1.95. The maximum Gasteiger partial charge on any atom is 0.221 e. The van der Waals surface area contributed by atoms with Gasteiger partial charge in [0, 0.05) is 0 Å². The van der Waals surface area contributed by atoms with Gasteiger partial charge in [-0.25, -0.2) is 4.90 Å². The SMILES string of the molecule is CN1CC[NH+](C)C1Cl.[Cl-]. The molecular formula is C5H12Cl2N2. The van der Waals surface area contributed by atoms with Crippen molar-refractivity contribution in [2.24, 2.45) is 0 Å². The molecule has 0 aromatic rings. The maximum absolute atomic E-state index is 5.90. The normalized spacial score (nSPS) is 36.3. The maximum atomic E-state index is 5.90. The van der Waals surface area contributed by atoms with E-state index >= 15 is 0 Å². The van der Waals surface area contributed by atoms with Gasteiger partial charge < -0.3 is 17.3 Å². The number of alkyl halides is 1. The lowest BCUT2D eigenvalue weighted by atomic mass is 10.6. The van der Waals surface area contributed by atoms with E-state index in [9.17, 15) is 0 Å². The number of likely N-dealkylation sites (N-methyl/N-ethyl adjacent to an activating group) is 2.